The minimum Gasteiger partial charge on any atom is -0.504 e. The molecule has 1 rings (SSSR count). The van der Waals surface area contributed by atoms with Gasteiger partial charge in [0.25, 0.3) is 0 Å². The molecule has 0 aliphatic heterocycles. The number of amides is 1. The van der Waals surface area contributed by atoms with Gasteiger partial charge in [-0.1, -0.05) is 0 Å². The number of ether oxygens (including phenoxy) is 2. The van der Waals surface area contributed by atoms with Crippen molar-refractivity contribution in [3.8, 4) is 11.5 Å². The molecule has 0 aliphatic carbocycles. The van der Waals surface area contributed by atoms with E-state index < -0.39 is 11.7 Å². The highest BCUT2D eigenvalue weighted by Gasteiger charge is 2.19. The van der Waals surface area contributed by atoms with Gasteiger partial charge in [0.2, 0.25) is 0 Å². The van der Waals surface area contributed by atoms with Crippen LogP contribution in [-0.2, 0) is 4.74 Å². The van der Waals surface area contributed by atoms with Crippen molar-refractivity contribution in [3.63, 3.8) is 0 Å². The maximum absolute atomic E-state index is 11.6. The number of aldehydes is 1. The van der Waals surface area contributed by atoms with Gasteiger partial charge in [-0.2, -0.15) is 0 Å². The van der Waals surface area contributed by atoms with Crippen molar-refractivity contribution in [3.05, 3.63) is 17.7 Å². The van der Waals surface area contributed by atoms with Gasteiger partial charge in [-0.15, -0.1) is 0 Å². The Labute approximate surface area is 111 Å². The summed E-state index contributed by atoms with van der Waals surface area (Å²) in [6.07, 6.45) is -0.182. The first kappa shape index (κ1) is 14.8. The molecule has 6 nitrogen and oxygen atoms in total. The standard InChI is InChI=1S/C13H17NO5/c1-13(2,3)19-12(17)14-9-6-5-8(7-15)10(16)11(9)18-4/h5-7,16H,1-4H3,(H,14,17). The van der Waals surface area contributed by atoms with E-state index in [9.17, 15) is 14.7 Å². The van der Waals surface area contributed by atoms with Crippen LogP contribution in [0.3, 0.4) is 0 Å². The Bertz CT molecular complexity index is 491. The number of aromatic hydroxyl groups is 1. The Morgan fingerprint density at radius 1 is 1.37 bits per heavy atom. The SMILES string of the molecule is COc1c(NC(=O)OC(C)(C)C)ccc(C=O)c1O. The molecule has 0 aromatic heterocycles. The maximum Gasteiger partial charge on any atom is 0.412 e. The number of carbonyl (C=O) groups is 2. The fourth-order valence-corrected chi connectivity index (χ4v) is 1.40. The van der Waals surface area contributed by atoms with Crippen LogP contribution in [0.5, 0.6) is 11.5 Å². The lowest BCUT2D eigenvalue weighted by molar-refractivity contribution is 0.0635. The van der Waals surface area contributed by atoms with Crippen molar-refractivity contribution in [2.45, 2.75) is 26.4 Å². The van der Waals surface area contributed by atoms with Gasteiger partial charge in [0.1, 0.15) is 5.60 Å². The minimum atomic E-state index is -0.677. The zero-order valence-electron chi connectivity index (χ0n) is 11.3. The molecule has 0 unspecified atom stereocenters. The Balaban J connectivity index is 2.99. The normalized spacial score (nSPS) is 10.7. The highest BCUT2D eigenvalue weighted by molar-refractivity contribution is 5.91. The summed E-state index contributed by atoms with van der Waals surface area (Å²) in [6, 6.07) is 2.82. The summed E-state index contributed by atoms with van der Waals surface area (Å²) in [5.74, 6) is -0.318. The predicted octanol–water partition coefficient (Wildman–Crippen LogP) is 2.56. The number of phenols is 1. The van der Waals surface area contributed by atoms with E-state index in [0.29, 0.717) is 6.29 Å². The van der Waals surface area contributed by atoms with Crippen LogP contribution >= 0.6 is 0 Å². The number of benzene rings is 1. The van der Waals surface area contributed by atoms with Crippen LogP contribution in [0.2, 0.25) is 0 Å². The molecule has 2 N–H and O–H groups in total. The average molecular weight is 267 g/mol. The number of rotatable bonds is 3. The number of hydrogen-bond donors (Lipinski definition) is 2. The fourth-order valence-electron chi connectivity index (χ4n) is 1.40. The molecule has 0 bridgehead atoms. The number of anilines is 1. The minimum absolute atomic E-state index is 0.00968. The third-order valence-electron chi connectivity index (χ3n) is 2.13. The second-order valence-corrected chi connectivity index (χ2v) is 4.83. The Kier molecular flexibility index (Phi) is 4.37. The first-order valence-electron chi connectivity index (χ1n) is 5.63. The van der Waals surface area contributed by atoms with Crippen molar-refractivity contribution in [2.75, 3.05) is 12.4 Å². The highest BCUT2D eigenvalue weighted by atomic mass is 16.6. The molecule has 0 saturated heterocycles. The molecular formula is C13H17NO5. The number of phenolic OH excluding ortho intramolecular Hbond substituents is 1. The number of hydrogen-bond acceptors (Lipinski definition) is 5. The van der Waals surface area contributed by atoms with Crippen LogP contribution in [-0.4, -0.2) is 30.2 Å². The number of nitrogens with one attached hydrogen (secondary N) is 1. The molecule has 6 heteroatoms. The van der Waals surface area contributed by atoms with Gasteiger partial charge >= 0.3 is 6.09 Å². The van der Waals surface area contributed by atoms with Gasteiger partial charge in [0, 0.05) is 0 Å². The lowest BCUT2D eigenvalue weighted by Crippen LogP contribution is -2.27. The molecule has 19 heavy (non-hydrogen) atoms. The molecule has 0 atom stereocenters. The topological polar surface area (TPSA) is 84.9 Å². The zero-order chi connectivity index (χ0) is 14.6. The zero-order valence-corrected chi connectivity index (χ0v) is 11.3. The Morgan fingerprint density at radius 3 is 2.47 bits per heavy atom. The second kappa shape index (κ2) is 5.60. The molecule has 1 amide bonds. The summed E-state index contributed by atoms with van der Waals surface area (Å²) in [5, 5.41) is 12.2. The lowest BCUT2D eigenvalue weighted by Gasteiger charge is -2.20. The van der Waals surface area contributed by atoms with Gasteiger partial charge in [-0.3, -0.25) is 10.1 Å². The predicted molar refractivity (Wildman–Crippen MR) is 69.9 cm³/mol. The highest BCUT2D eigenvalue weighted by Crippen LogP contribution is 2.36. The number of carbonyl (C=O) groups excluding carboxylic acids is 2. The van der Waals surface area contributed by atoms with Crippen molar-refractivity contribution in [1.82, 2.24) is 0 Å². The van der Waals surface area contributed by atoms with Crippen LogP contribution in [0.25, 0.3) is 0 Å². The van der Waals surface area contributed by atoms with E-state index in [4.69, 9.17) is 9.47 Å². The first-order valence-corrected chi connectivity index (χ1v) is 5.63. The lowest BCUT2D eigenvalue weighted by atomic mass is 10.1. The van der Waals surface area contributed by atoms with Crippen molar-refractivity contribution in [1.29, 1.82) is 0 Å². The molecule has 1 aromatic rings. The first-order chi connectivity index (χ1) is 8.78. The van der Waals surface area contributed by atoms with Gasteiger partial charge in [-0.05, 0) is 32.9 Å². The molecule has 104 valence electrons. The van der Waals surface area contributed by atoms with Crippen molar-refractivity contribution >= 4 is 18.1 Å². The van der Waals surface area contributed by atoms with Crippen LogP contribution in [0.4, 0.5) is 10.5 Å². The summed E-state index contributed by atoms with van der Waals surface area (Å²) in [4.78, 5) is 22.3. The van der Waals surface area contributed by atoms with Gasteiger partial charge in [0.15, 0.2) is 17.8 Å². The van der Waals surface area contributed by atoms with Crippen LogP contribution in [0, 0.1) is 0 Å². The molecule has 0 fully saturated rings. The quantitative estimate of drug-likeness (QED) is 0.822. The van der Waals surface area contributed by atoms with Crippen molar-refractivity contribution in [2.24, 2.45) is 0 Å². The van der Waals surface area contributed by atoms with Crippen LogP contribution < -0.4 is 10.1 Å². The Morgan fingerprint density at radius 2 is 2.00 bits per heavy atom. The van der Waals surface area contributed by atoms with Gasteiger partial charge < -0.3 is 14.6 Å². The summed E-state index contributed by atoms with van der Waals surface area (Å²) < 4.78 is 10.1. The fraction of sp³-hybridized carbons (Fsp3) is 0.385. The van der Waals surface area contributed by atoms with Gasteiger partial charge in [-0.25, -0.2) is 4.79 Å². The third kappa shape index (κ3) is 3.87. The molecule has 0 heterocycles. The smallest absolute Gasteiger partial charge is 0.412 e. The van der Waals surface area contributed by atoms with Crippen LogP contribution in [0.15, 0.2) is 12.1 Å². The van der Waals surface area contributed by atoms with E-state index in [1.807, 2.05) is 0 Å². The number of methoxy groups -OCH3 is 1. The molecule has 0 radical (unpaired) electrons. The molecule has 0 saturated carbocycles. The second-order valence-electron chi connectivity index (χ2n) is 4.83. The molecule has 0 aliphatic rings. The van der Waals surface area contributed by atoms with E-state index in [1.54, 1.807) is 20.8 Å². The summed E-state index contributed by atoms with van der Waals surface area (Å²) >= 11 is 0. The van der Waals surface area contributed by atoms with E-state index in [-0.39, 0.29) is 22.7 Å². The monoisotopic (exact) mass is 267 g/mol. The Hall–Kier alpha value is -2.24. The third-order valence-corrected chi connectivity index (χ3v) is 2.13. The van der Waals surface area contributed by atoms with Crippen LogP contribution in [0.1, 0.15) is 31.1 Å². The van der Waals surface area contributed by atoms with E-state index in [2.05, 4.69) is 5.32 Å². The largest absolute Gasteiger partial charge is 0.504 e. The summed E-state index contributed by atoms with van der Waals surface area (Å²) in [7, 11) is 1.32. The van der Waals surface area contributed by atoms with Crippen molar-refractivity contribution < 1.29 is 24.2 Å². The van der Waals surface area contributed by atoms with E-state index in [1.165, 1.54) is 19.2 Å². The van der Waals surface area contributed by atoms with E-state index in [0.717, 1.165) is 0 Å². The maximum atomic E-state index is 11.6. The van der Waals surface area contributed by atoms with E-state index >= 15 is 0 Å². The summed E-state index contributed by atoms with van der Waals surface area (Å²) in [6.45, 7) is 5.20. The van der Waals surface area contributed by atoms with Gasteiger partial charge in [0.05, 0.1) is 18.4 Å². The molecular weight excluding hydrogens is 250 g/mol. The summed E-state index contributed by atoms with van der Waals surface area (Å²) in [5.41, 5.74) is -0.339. The molecule has 1 aromatic carbocycles. The average Bonchev–Trinajstić information content (AvgIpc) is 2.27. The molecule has 0 spiro atoms.